The number of Topliss-reactive ketones (excluding diaryl/α,β-unsaturated/α-hetero) is 1. The molecule has 1 saturated heterocycles. The molecule has 0 atom stereocenters. The Morgan fingerprint density at radius 1 is 0.844 bits per heavy atom. The molecule has 1 aliphatic rings. The van der Waals surface area contributed by atoms with E-state index in [0.717, 1.165) is 17.7 Å². The number of carbonyl (C=O) groups excluding carboxylic acids is 1. The lowest BCUT2D eigenvalue weighted by Crippen LogP contribution is -3.00. The van der Waals surface area contributed by atoms with Gasteiger partial charge in [-0.25, -0.2) is 0 Å². The van der Waals surface area contributed by atoms with Crippen molar-refractivity contribution >= 4 is 17.9 Å². The highest BCUT2D eigenvalue weighted by atomic mass is 35.5. The Kier molecular flexibility index (Phi) is 9.17. The minimum absolute atomic E-state index is 0. The van der Waals surface area contributed by atoms with Crippen LogP contribution in [0.3, 0.4) is 0 Å². The summed E-state index contributed by atoms with van der Waals surface area (Å²) in [6, 6.07) is 10.2. The monoisotopic (exact) mass is 458 g/mol. The molecule has 6 nitrogen and oxygen atoms in total. The second kappa shape index (κ2) is 11.6. The van der Waals surface area contributed by atoms with Crippen LogP contribution < -0.4 is 21.9 Å². The summed E-state index contributed by atoms with van der Waals surface area (Å²) >= 11 is 0. The van der Waals surface area contributed by atoms with Gasteiger partial charge in [0, 0.05) is 24.2 Å². The first-order valence-corrected chi connectivity index (χ1v) is 10.5. The summed E-state index contributed by atoms with van der Waals surface area (Å²) in [5.74, 6) is 0.938. The average Bonchev–Trinajstić information content (AvgIpc) is 2.76. The molecule has 172 valence electrons. The van der Waals surface area contributed by atoms with Crippen LogP contribution >= 0.6 is 0 Å². The molecule has 32 heavy (non-hydrogen) atoms. The molecule has 0 aliphatic carbocycles. The molecule has 0 amide bonds. The zero-order valence-corrected chi connectivity index (χ0v) is 19.4. The van der Waals surface area contributed by atoms with Crippen LogP contribution in [0.25, 0.3) is 12.2 Å². The van der Waals surface area contributed by atoms with Gasteiger partial charge < -0.3 is 32.1 Å². The number of ether oxygens (including phenoxy) is 2. The van der Waals surface area contributed by atoms with Crippen LogP contribution in [0.2, 0.25) is 0 Å². The topological polar surface area (TPSA) is 79.2 Å². The Balaban J connectivity index is 0.00000363. The van der Waals surface area contributed by atoms with E-state index in [1.807, 2.05) is 26.0 Å². The van der Waals surface area contributed by atoms with Crippen LogP contribution in [0.5, 0.6) is 23.0 Å². The van der Waals surface area contributed by atoms with Gasteiger partial charge in [-0.2, -0.15) is 0 Å². The van der Waals surface area contributed by atoms with E-state index >= 15 is 0 Å². The van der Waals surface area contributed by atoms with Gasteiger partial charge in [0.2, 0.25) is 0 Å². The van der Waals surface area contributed by atoms with Gasteiger partial charge >= 0.3 is 0 Å². The van der Waals surface area contributed by atoms with Crippen molar-refractivity contribution < 1.29 is 36.9 Å². The molecule has 3 rings (SSSR count). The zero-order valence-electron chi connectivity index (χ0n) is 18.6. The molecule has 1 aliphatic heterocycles. The fourth-order valence-electron chi connectivity index (χ4n) is 3.52. The molecule has 0 radical (unpaired) electrons. The van der Waals surface area contributed by atoms with E-state index in [2.05, 4.69) is 11.8 Å². The lowest BCUT2D eigenvalue weighted by atomic mass is 9.94. The van der Waals surface area contributed by atoms with Gasteiger partial charge in [0.1, 0.15) is 0 Å². The van der Waals surface area contributed by atoms with E-state index < -0.39 is 0 Å². The predicted octanol–water partition coefficient (Wildman–Crippen LogP) is 1.27. The third kappa shape index (κ3) is 6.05. The Morgan fingerprint density at radius 3 is 1.66 bits per heavy atom. The van der Waals surface area contributed by atoms with Crippen LogP contribution in [-0.2, 0) is 4.79 Å². The molecule has 7 heteroatoms. The van der Waals surface area contributed by atoms with Gasteiger partial charge in [0.25, 0.3) is 0 Å². The first-order chi connectivity index (χ1) is 14.9. The summed E-state index contributed by atoms with van der Waals surface area (Å²) in [6.45, 7) is 8.57. The molecule has 0 saturated carbocycles. The first kappa shape index (κ1) is 25.3. The van der Waals surface area contributed by atoms with Gasteiger partial charge in [-0.05, 0) is 67.9 Å². The first-order valence-electron chi connectivity index (χ1n) is 10.5. The highest BCUT2D eigenvalue weighted by Crippen LogP contribution is 2.31. The highest BCUT2D eigenvalue weighted by Gasteiger charge is 2.25. The lowest BCUT2D eigenvalue weighted by molar-refractivity contribution is -0.113. The van der Waals surface area contributed by atoms with E-state index in [-0.39, 0.29) is 29.7 Å². The van der Waals surface area contributed by atoms with E-state index in [1.54, 1.807) is 36.4 Å². The summed E-state index contributed by atoms with van der Waals surface area (Å²) in [4.78, 5) is 15.4. The quantitative estimate of drug-likeness (QED) is 0.608. The molecule has 2 aromatic carbocycles. The summed E-state index contributed by atoms with van der Waals surface area (Å²) in [6.07, 6.45) is 3.70. The Labute approximate surface area is 195 Å². The molecule has 0 spiro atoms. The molecule has 2 aromatic rings. The van der Waals surface area contributed by atoms with E-state index in [9.17, 15) is 15.0 Å². The lowest BCUT2D eigenvalue weighted by Gasteiger charge is -2.28. The molecule has 1 fully saturated rings. The minimum atomic E-state index is -0.0123. The number of hydrogen-bond donors (Lipinski definition) is 2. The average molecular weight is 459 g/mol. The standard InChI is InChI=1S/C25H29NO5.ClH/c1-4-26-15-19(11-17-7-9-21(27)23(13-17)30-5-2)25(29)20(16-26)12-18-8-10-22(28)24(14-18)31-6-3;/h7-14,27-28H,4-6,15-16H2,1-3H3;1H/p-1/b19-11+,20-12+;. The normalized spacial score (nSPS) is 16.8. The maximum Gasteiger partial charge on any atom is 0.187 e. The molecular weight excluding hydrogens is 430 g/mol. The molecular formula is C25H29ClNO5-. The Hall–Kier alpha value is -2.96. The smallest absolute Gasteiger partial charge is 0.187 e. The van der Waals surface area contributed by atoms with Crippen LogP contribution in [0.1, 0.15) is 31.9 Å². The second-order valence-electron chi connectivity index (χ2n) is 7.29. The molecule has 0 aromatic heterocycles. The number of ketones is 1. The van der Waals surface area contributed by atoms with Crippen molar-refractivity contribution in [1.82, 2.24) is 4.90 Å². The van der Waals surface area contributed by atoms with Gasteiger partial charge in [0.15, 0.2) is 28.8 Å². The fraction of sp³-hybridized carbons (Fsp3) is 0.320. The van der Waals surface area contributed by atoms with Crippen LogP contribution in [0, 0.1) is 0 Å². The maximum atomic E-state index is 13.2. The van der Waals surface area contributed by atoms with Crippen molar-refractivity contribution in [3.63, 3.8) is 0 Å². The van der Waals surface area contributed by atoms with Gasteiger partial charge in [-0.3, -0.25) is 9.69 Å². The number of aromatic hydroxyl groups is 2. The predicted molar refractivity (Wildman–Crippen MR) is 122 cm³/mol. The summed E-state index contributed by atoms with van der Waals surface area (Å²) in [5.41, 5.74) is 2.95. The number of phenols is 2. The number of nitrogens with zero attached hydrogens (tertiary/aromatic N) is 1. The molecule has 0 bridgehead atoms. The second-order valence-corrected chi connectivity index (χ2v) is 7.29. The molecule has 1 heterocycles. The summed E-state index contributed by atoms with van der Waals surface area (Å²) in [5, 5.41) is 19.9. The number of rotatable bonds is 7. The number of halogens is 1. The van der Waals surface area contributed by atoms with Crippen LogP contribution in [0.4, 0.5) is 0 Å². The largest absolute Gasteiger partial charge is 1.00 e. The number of likely N-dealkylation sites (tertiary alicyclic amines) is 1. The SMILES string of the molecule is CCOc1cc(/C=C2\CN(CC)C/C(=C\c3ccc(O)c(OCC)c3)C2=O)ccc1O.[Cl-]. The van der Waals surface area contributed by atoms with Gasteiger partial charge in [-0.15, -0.1) is 0 Å². The Bertz CT molecular complexity index is 938. The van der Waals surface area contributed by atoms with E-state index in [4.69, 9.17) is 9.47 Å². The van der Waals surface area contributed by atoms with Crippen LogP contribution in [0.15, 0.2) is 47.5 Å². The Morgan fingerprint density at radius 2 is 1.28 bits per heavy atom. The van der Waals surface area contributed by atoms with E-state index in [0.29, 0.717) is 48.9 Å². The van der Waals surface area contributed by atoms with Crippen molar-refractivity contribution in [3.8, 4) is 23.0 Å². The molecule has 2 N–H and O–H groups in total. The van der Waals surface area contributed by atoms with Gasteiger partial charge in [0.05, 0.1) is 13.2 Å². The fourth-order valence-corrected chi connectivity index (χ4v) is 3.52. The number of likely N-dealkylation sites (N-methyl/N-ethyl adjacent to an activating group) is 1. The number of carbonyl (C=O) groups is 1. The maximum absolute atomic E-state index is 13.2. The van der Waals surface area contributed by atoms with Gasteiger partial charge in [-0.1, -0.05) is 19.1 Å². The number of phenolic OH excluding ortho intramolecular Hbond substituents is 2. The summed E-state index contributed by atoms with van der Waals surface area (Å²) < 4.78 is 10.9. The van der Waals surface area contributed by atoms with E-state index in [1.165, 1.54) is 0 Å². The summed E-state index contributed by atoms with van der Waals surface area (Å²) in [7, 11) is 0. The number of benzene rings is 2. The van der Waals surface area contributed by atoms with Crippen molar-refractivity contribution in [2.24, 2.45) is 0 Å². The highest BCUT2D eigenvalue weighted by molar-refractivity contribution is 6.14. The number of hydrogen-bond acceptors (Lipinski definition) is 6. The third-order valence-electron chi connectivity index (χ3n) is 5.07. The third-order valence-corrected chi connectivity index (χ3v) is 5.07. The zero-order chi connectivity index (χ0) is 22.4. The number of piperidine rings is 1. The van der Waals surface area contributed by atoms with Crippen molar-refractivity contribution in [2.45, 2.75) is 20.8 Å². The van der Waals surface area contributed by atoms with Crippen molar-refractivity contribution in [1.29, 1.82) is 0 Å². The molecule has 0 unspecified atom stereocenters. The van der Waals surface area contributed by atoms with Crippen LogP contribution in [-0.4, -0.2) is 53.7 Å². The van der Waals surface area contributed by atoms with Crippen molar-refractivity contribution in [3.05, 3.63) is 58.7 Å². The minimum Gasteiger partial charge on any atom is -1.00 e. The van der Waals surface area contributed by atoms with Crippen molar-refractivity contribution in [2.75, 3.05) is 32.8 Å².